The van der Waals surface area contributed by atoms with Crippen molar-refractivity contribution in [1.82, 2.24) is 4.90 Å². The molecule has 2 rings (SSSR count). The summed E-state index contributed by atoms with van der Waals surface area (Å²) in [5.74, 6) is -0.514. The number of carbonyl (C=O) groups excluding carboxylic acids is 2. The largest absolute Gasteiger partial charge is 0.467 e. The van der Waals surface area contributed by atoms with Gasteiger partial charge < -0.3 is 15.4 Å². The Kier molecular flexibility index (Phi) is 5.82. The van der Waals surface area contributed by atoms with Crippen LogP contribution < -0.4 is 5.73 Å². The van der Waals surface area contributed by atoms with Gasteiger partial charge in [0.25, 0.3) is 5.91 Å². The zero-order valence-corrected chi connectivity index (χ0v) is 12.2. The van der Waals surface area contributed by atoms with Crippen molar-refractivity contribution in [2.24, 2.45) is 0 Å². The second-order valence-electron chi connectivity index (χ2n) is 4.66. The molecule has 1 unspecified atom stereocenters. The number of hydrogen-bond acceptors (Lipinski definition) is 4. The van der Waals surface area contributed by atoms with E-state index in [1.165, 1.54) is 7.11 Å². The quantitative estimate of drug-likeness (QED) is 0.668. The van der Waals surface area contributed by atoms with E-state index in [9.17, 15) is 9.59 Å². The summed E-state index contributed by atoms with van der Waals surface area (Å²) in [7, 11) is 1.35. The summed E-state index contributed by atoms with van der Waals surface area (Å²) < 4.78 is 4.77. The lowest BCUT2D eigenvalue weighted by atomic mass is 10.0. The van der Waals surface area contributed by atoms with Gasteiger partial charge >= 0.3 is 5.97 Å². The fourth-order valence-corrected chi connectivity index (χ4v) is 2.39. The van der Waals surface area contributed by atoms with Crippen molar-refractivity contribution in [1.29, 1.82) is 0 Å². The summed E-state index contributed by atoms with van der Waals surface area (Å²) >= 11 is 0. The van der Waals surface area contributed by atoms with Crippen LogP contribution in [-0.2, 0) is 9.53 Å². The maximum atomic E-state index is 12.4. The molecule has 0 radical (unpaired) electrons. The Morgan fingerprint density at radius 2 is 2.10 bits per heavy atom. The number of benzene rings is 1. The number of nitrogens with two attached hydrogens (primary N) is 1. The van der Waals surface area contributed by atoms with Crippen LogP contribution in [0.1, 0.15) is 29.6 Å². The lowest BCUT2D eigenvalue weighted by Crippen LogP contribution is -2.48. The standard InChI is InChI=1S/C14H18N2O3.ClH/c1-19-14(18)12-7-2-3-8-16(12)13(17)10-5-4-6-11(15)9-10;/h4-6,9,12H,2-3,7-8,15H2,1H3;1H. The Morgan fingerprint density at radius 1 is 1.35 bits per heavy atom. The van der Waals surface area contributed by atoms with E-state index in [4.69, 9.17) is 10.5 Å². The van der Waals surface area contributed by atoms with Crippen molar-refractivity contribution in [2.45, 2.75) is 25.3 Å². The number of likely N-dealkylation sites (tertiary alicyclic amines) is 1. The number of hydrogen-bond donors (Lipinski definition) is 1. The van der Waals surface area contributed by atoms with Gasteiger partial charge in [-0.2, -0.15) is 0 Å². The Balaban J connectivity index is 0.00000200. The molecule has 1 aromatic rings. The summed E-state index contributed by atoms with van der Waals surface area (Å²) in [4.78, 5) is 25.8. The molecule has 1 amide bonds. The molecule has 1 fully saturated rings. The van der Waals surface area contributed by atoms with Crippen LogP contribution in [0.4, 0.5) is 5.69 Å². The highest BCUT2D eigenvalue weighted by molar-refractivity contribution is 5.97. The van der Waals surface area contributed by atoms with E-state index in [1.54, 1.807) is 29.2 Å². The van der Waals surface area contributed by atoms with E-state index in [1.807, 2.05) is 0 Å². The minimum absolute atomic E-state index is 0. The van der Waals surface area contributed by atoms with Gasteiger partial charge in [0.2, 0.25) is 0 Å². The van der Waals surface area contributed by atoms with Crippen molar-refractivity contribution in [3.63, 3.8) is 0 Å². The molecule has 1 atom stereocenters. The average Bonchev–Trinajstić information content (AvgIpc) is 2.45. The van der Waals surface area contributed by atoms with Crippen LogP contribution in [0.3, 0.4) is 0 Å². The normalized spacial score (nSPS) is 18.1. The number of piperidine rings is 1. The number of methoxy groups -OCH3 is 1. The molecule has 110 valence electrons. The van der Waals surface area contributed by atoms with Gasteiger partial charge in [0, 0.05) is 17.8 Å². The van der Waals surface area contributed by atoms with Crippen LogP contribution in [0.25, 0.3) is 0 Å². The number of carbonyl (C=O) groups is 2. The first-order valence-electron chi connectivity index (χ1n) is 6.38. The molecule has 1 aliphatic rings. The number of nitrogen functional groups attached to an aromatic ring is 1. The third-order valence-corrected chi connectivity index (χ3v) is 3.37. The van der Waals surface area contributed by atoms with Crippen LogP contribution in [0, 0.1) is 0 Å². The number of nitrogens with zero attached hydrogens (tertiary/aromatic N) is 1. The van der Waals surface area contributed by atoms with E-state index in [0.717, 1.165) is 12.8 Å². The van der Waals surface area contributed by atoms with E-state index in [-0.39, 0.29) is 24.3 Å². The molecular weight excluding hydrogens is 280 g/mol. The molecular formula is C14H19ClN2O3. The van der Waals surface area contributed by atoms with Crippen LogP contribution >= 0.6 is 12.4 Å². The van der Waals surface area contributed by atoms with Crippen molar-refractivity contribution < 1.29 is 14.3 Å². The number of halogens is 1. The summed E-state index contributed by atoms with van der Waals surface area (Å²) in [6.45, 7) is 0.577. The minimum atomic E-state index is -0.479. The van der Waals surface area contributed by atoms with E-state index >= 15 is 0 Å². The molecule has 1 saturated heterocycles. The number of anilines is 1. The third kappa shape index (κ3) is 3.42. The van der Waals surface area contributed by atoms with E-state index in [0.29, 0.717) is 24.2 Å². The smallest absolute Gasteiger partial charge is 0.328 e. The van der Waals surface area contributed by atoms with Gasteiger partial charge in [0.05, 0.1) is 7.11 Å². The number of ether oxygens (including phenoxy) is 1. The topological polar surface area (TPSA) is 72.6 Å². The zero-order chi connectivity index (χ0) is 13.8. The van der Waals surface area contributed by atoms with Crippen LogP contribution in [0.15, 0.2) is 24.3 Å². The first-order chi connectivity index (χ1) is 9.13. The summed E-state index contributed by atoms with van der Waals surface area (Å²) in [6, 6.07) is 6.32. The first kappa shape index (κ1) is 16.3. The number of esters is 1. The van der Waals surface area contributed by atoms with Gasteiger partial charge in [0.15, 0.2) is 0 Å². The molecule has 0 aliphatic carbocycles. The van der Waals surface area contributed by atoms with Gasteiger partial charge in [-0.3, -0.25) is 4.79 Å². The fraction of sp³-hybridized carbons (Fsp3) is 0.429. The average molecular weight is 299 g/mol. The summed E-state index contributed by atoms with van der Waals surface area (Å²) in [5, 5.41) is 0. The fourth-order valence-electron chi connectivity index (χ4n) is 2.39. The van der Waals surface area contributed by atoms with Crippen molar-refractivity contribution in [3.8, 4) is 0 Å². The second kappa shape index (κ2) is 7.14. The lowest BCUT2D eigenvalue weighted by molar-refractivity contribution is -0.147. The lowest BCUT2D eigenvalue weighted by Gasteiger charge is -2.33. The number of amides is 1. The Labute approximate surface area is 124 Å². The Hall–Kier alpha value is -1.75. The molecule has 1 aliphatic heterocycles. The highest BCUT2D eigenvalue weighted by Crippen LogP contribution is 2.21. The molecule has 2 N–H and O–H groups in total. The monoisotopic (exact) mass is 298 g/mol. The third-order valence-electron chi connectivity index (χ3n) is 3.37. The van der Waals surface area contributed by atoms with Crippen molar-refractivity contribution >= 4 is 30.0 Å². The van der Waals surface area contributed by atoms with Gasteiger partial charge in [-0.05, 0) is 37.5 Å². The highest BCUT2D eigenvalue weighted by Gasteiger charge is 2.33. The number of rotatable bonds is 2. The zero-order valence-electron chi connectivity index (χ0n) is 11.4. The second-order valence-corrected chi connectivity index (χ2v) is 4.66. The molecule has 0 aromatic heterocycles. The SMILES string of the molecule is COC(=O)C1CCCCN1C(=O)c1cccc(N)c1.Cl. The predicted octanol–water partition coefficient (Wildman–Crippen LogP) is 1.86. The Bertz CT molecular complexity index is 493. The van der Waals surface area contributed by atoms with E-state index < -0.39 is 6.04 Å². The van der Waals surface area contributed by atoms with E-state index in [2.05, 4.69) is 0 Å². The van der Waals surface area contributed by atoms with Crippen molar-refractivity contribution in [2.75, 3.05) is 19.4 Å². The molecule has 0 spiro atoms. The van der Waals surface area contributed by atoms with Gasteiger partial charge in [-0.1, -0.05) is 6.07 Å². The maximum absolute atomic E-state index is 12.4. The molecule has 1 heterocycles. The van der Waals surface area contributed by atoms with Gasteiger partial charge in [0.1, 0.15) is 6.04 Å². The van der Waals surface area contributed by atoms with Crippen molar-refractivity contribution in [3.05, 3.63) is 29.8 Å². The Morgan fingerprint density at radius 3 is 2.75 bits per heavy atom. The summed E-state index contributed by atoms with van der Waals surface area (Å²) in [5.41, 5.74) is 6.73. The molecule has 0 bridgehead atoms. The molecule has 6 heteroatoms. The maximum Gasteiger partial charge on any atom is 0.328 e. The summed E-state index contributed by atoms with van der Waals surface area (Å²) in [6.07, 6.45) is 2.49. The molecule has 0 saturated carbocycles. The van der Waals surface area contributed by atoms with Crippen LogP contribution in [0.2, 0.25) is 0 Å². The molecule has 20 heavy (non-hydrogen) atoms. The first-order valence-corrected chi connectivity index (χ1v) is 6.38. The van der Waals surface area contributed by atoms with Crippen LogP contribution in [-0.4, -0.2) is 36.5 Å². The van der Waals surface area contributed by atoms with Crippen LogP contribution in [0.5, 0.6) is 0 Å². The highest BCUT2D eigenvalue weighted by atomic mass is 35.5. The van der Waals surface area contributed by atoms with Gasteiger partial charge in [-0.25, -0.2) is 4.79 Å². The van der Waals surface area contributed by atoms with Gasteiger partial charge in [-0.15, -0.1) is 12.4 Å². The minimum Gasteiger partial charge on any atom is -0.467 e. The molecule has 5 nitrogen and oxygen atoms in total. The predicted molar refractivity (Wildman–Crippen MR) is 78.8 cm³/mol. The molecule has 1 aromatic carbocycles.